The Morgan fingerprint density at radius 3 is 2.41 bits per heavy atom. The Kier molecular flexibility index (Phi) is 9.53. The lowest BCUT2D eigenvalue weighted by Crippen LogP contribution is -2.46. The van der Waals surface area contributed by atoms with Crippen molar-refractivity contribution in [3.8, 4) is 22.9 Å². The molecule has 44 heavy (non-hydrogen) atoms. The normalized spacial score (nSPS) is 16.3. The largest absolute Gasteiger partial charge is 0.493 e. The van der Waals surface area contributed by atoms with Gasteiger partial charge >= 0.3 is 0 Å². The summed E-state index contributed by atoms with van der Waals surface area (Å²) in [5.41, 5.74) is 1.66. The van der Waals surface area contributed by atoms with E-state index in [0.29, 0.717) is 40.8 Å². The van der Waals surface area contributed by atoms with Gasteiger partial charge in [-0.1, -0.05) is 62.4 Å². The minimum absolute atomic E-state index is 0.0529. The van der Waals surface area contributed by atoms with Crippen molar-refractivity contribution in [3.63, 3.8) is 0 Å². The van der Waals surface area contributed by atoms with Crippen LogP contribution in [0, 0.1) is 5.92 Å². The van der Waals surface area contributed by atoms with E-state index in [1.807, 2.05) is 50.2 Å². The fraction of sp³-hybridized carbons (Fsp3) is 0.303. The van der Waals surface area contributed by atoms with Gasteiger partial charge in [-0.25, -0.2) is 9.67 Å². The average molecular weight is 597 g/mol. The Morgan fingerprint density at radius 1 is 0.977 bits per heavy atom. The van der Waals surface area contributed by atoms with E-state index >= 15 is 0 Å². The molecular weight excluding hydrogens is 560 g/mol. The van der Waals surface area contributed by atoms with E-state index in [0.717, 1.165) is 5.56 Å². The van der Waals surface area contributed by atoms with Crippen LogP contribution in [0.3, 0.4) is 0 Å². The summed E-state index contributed by atoms with van der Waals surface area (Å²) in [7, 11) is 1.54. The maximum Gasteiger partial charge on any atom is 0.254 e. The summed E-state index contributed by atoms with van der Waals surface area (Å²) >= 11 is 0. The van der Waals surface area contributed by atoms with Crippen LogP contribution in [0.4, 0.5) is 0 Å². The molecular formula is C33H36N6O5. The molecule has 0 fully saturated rings. The first-order valence-electron chi connectivity index (χ1n) is 14.6. The number of amides is 3. The minimum atomic E-state index is -0.505. The van der Waals surface area contributed by atoms with Gasteiger partial charge in [-0.05, 0) is 36.2 Å². The lowest BCUT2D eigenvalue weighted by Gasteiger charge is -2.26. The van der Waals surface area contributed by atoms with Gasteiger partial charge in [0.2, 0.25) is 5.91 Å². The average Bonchev–Trinajstić information content (AvgIpc) is 3.46. The second-order valence-electron chi connectivity index (χ2n) is 10.7. The SMILES string of the molecule is COc1ccc2cc1OCCn1nc(-c3ccccc3)nc1[C@@H](C(C)C)NC(=O)CN(C(=O)c1ccccc1)CCNC2=O. The molecule has 0 saturated carbocycles. The first-order chi connectivity index (χ1) is 21.3. The molecule has 5 rings (SSSR count). The van der Waals surface area contributed by atoms with Gasteiger partial charge in [0, 0.05) is 29.8 Å². The maximum absolute atomic E-state index is 13.5. The summed E-state index contributed by atoms with van der Waals surface area (Å²) in [6.45, 7) is 4.54. The highest BCUT2D eigenvalue weighted by molar-refractivity contribution is 5.97. The predicted molar refractivity (Wildman–Crippen MR) is 164 cm³/mol. The van der Waals surface area contributed by atoms with Crippen LogP contribution in [-0.4, -0.2) is 70.7 Å². The number of carbonyl (C=O) groups is 3. The highest BCUT2D eigenvalue weighted by Crippen LogP contribution is 2.29. The molecule has 1 atom stereocenters. The Balaban J connectivity index is 1.53. The van der Waals surface area contributed by atoms with E-state index in [9.17, 15) is 14.4 Å². The van der Waals surface area contributed by atoms with Crippen molar-refractivity contribution < 1.29 is 23.9 Å². The van der Waals surface area contributed by atoms with Gasteiger partial charge in [-0.2, -0.15) is 5.10 Å². The van der Waals surface area contributed by atoms with E-state index in [2.05, 4.69) is 10.6 Å². The minimum Gasteiger partial charge on any atom is -0.493 e. The van der Waals surface area contributed by atoms with Gasteiger partial charge in [-0.15, -0.1) is 0 Å². The number of nitrogens with one attached hydrogen (secondary N) is 2. The van der Waals surface area contributed by atoms with Gasteiger partial charge in [0.25, 0.3) is 11.8 Å². The summed E-state index contributed by atoms with van der Waals surface area (Å²) in [6.07, 6.45) is 0. The summed E-state index contributed by atoms with van der Waals surface area (Å²) in [5, 5.41) is 10.7. The number of carbonyl (C=O) groups excluding carboxylic acids is 3. The van der Waals surface area contributed by atoms with Gasteiger partial charge < -0.3 is 25.0 Å². The van der Waals surface area contributed by atoms with Crippen LogP contribution < -0.4 is 20.1 Å². The number of fused-ring (bicyclic) bond motifs is 3. The molecule has 0 spiro atoms. The molecule has 11 nitrogen and oxygen atoms in total. The fourth-order valence-electron chi connectivity index (χ4n) is 4.98. The van der Waals surface area contributed by atoms with Crippen LogP contribution in [0.15, 0.2) is 78.9 Å². The lowest BCUT2D eigenvalue weighted by molar-refractivity contribution is -0.123. The van der Waals surface area contributed by atoms with Gasteiger partial charge in [0.1, 0.15) is 6.61 Å². The van der Waals surface area contributed by atoms with E-state index in [1.165, 1.54) is 12.0 Å². The van der Waals surface area contributed by atoms with E-state index in [4.69, 9.17) is 19.6 Å². The maximum atomic E-state index is 13.5. The Morgan fingerprint density at radius 2 is 1.70 bits per heavy atom. The number of methoxy groups -OCH3 is 1. The lowest BCUT2D eigenvalue weighted by atomic mass is 10.0. The Labute approximate surface area is 256 Å². The third kappa shape index (κ3) is 7.05. The highest BCUT2D eigenvalue weighted by Gasteiger charge is 2.28. The molecule has 0 aliphatic carbocycles. The summed E-state index contributed by atoms with van der Waals surface area (Å²) in [6, 6.07) is 22.8. The molecule has 0 unspecified atom stereocenters. The molecule has 1 aliphatic rings. The molecule has 0 saturated heterocycles. The number of nitrogens with zero attached hydrogens (tertiary/aromatic N) is 4. The Hall–Kier alpha value is -5.19. The number of aromatic nitrogens is 3. The van der Waals surface area contributed by atoms with Crippen LogP contribution in [-0.2, 0) is 11.3 Å². The number of rotatable bonds is 4. The topological polar surface area (TPSA) is 128 Å². The predicted octanol–water partition coefficient (Wildman–Crippen LogP) is 3.73. The number of hydrogen-bond acceptors (Lipinski definition) is 7. The van der Waals surface area contributed by atoms with Crippen molar-refractivity contribution >= 4 is 17.7 Å². The zero-order chi connectivity index (χ0) is 31.1. The molecule has 0 radical (unpaired) electrons. The summed E-state index contributed by atoms with van der Waals surface area (Å²) in [4.78, 5) is 46.4. The van der Waals surface area contributed by atoms with Crippen LogP contribution >= 0.6 is 0 Å². The van der Waals surface area contributed by atoms with Crippen LogP contribution in [0.5, 0.6) is 11.5 Å². The quantitative estimate of drug-likeness (QED) is 0.368. The van der Waals surface area contributed by atoms with Crippen molar-refractivity contribution in [1.82, 2.24) is 30.3 Å². The van der Waals surface area contributed by atoms with E-state index < -0.39 is 6.04 Å². The van der Waals surface area contributed by atoms with E-state index in [-0.39, 0.29) is 49.9 Å². The molecule has 2 heterocycles. The first-order valence-corrected chi connectivity index (χ1v) is 14.6. The smallest absolute Gasteiger partial charge is 0.254 e. The van der Waals surface area contributed by atoms with Gasteiger partial charge in [0.15, 0.2) is 23.1 Å². The molecule has 228 valence electrons. The van der Waals surface area contributed by atoms with Crippen molar-refractivity contribution in [3.05, 3.63) is 95.8 Å². The number of benzene rings is 3. The van der Waals surface area contributed by atoms with Crippen molar-refractivity contribution in [2.45, 2.75) is 26.4 Å². The second-order valence-corrected chi connectivity index (χ2v) is 10.7. The molecule has 3 aromatic carbocycles. The number of ether oxygens (including phenoxy) is 2. The van der Waals surface area contributed by atoms with Crippen molar-refractivity contribution in [2.24, 2.45) is 5.92 Å². The monoisotopic (exact) mass is 596 g/mol. The first kappa shape index (κ1) is 30.3. The summed E-state index contributed by atoms with van der Waals surface area (Å²) < 4.78 is 13.3. The van der Waals surface area contributed by atoms with E-state index in [1.54, 1.807) is 47.1 Å². The molecule has 11 heteroatoms. The van der Waals surface area contributed by atoms with Crippen molar-refractivity contribution in [1.29, 1.82) is 0 Å². The number of hydrogen-bond donors (Lipinski definition) is 2. The third-order valence-electron chi connectivity index (χ3n) is 7.29. The molecule has 3 amide bonds. The van der Waals surface area contributed by atoms with Crippen LogP contribution in [0.2, 0.25) is 0 Å². The van der Waals surface area contributed by atoms with Crippen molar-refractivity contribution in [2.75, 3.05) is 33.4 Å². The van der Waals surface area contributed by atoms with Crippen LogP contribution in [0.25, 0.3) is 11.4 Å². The fourth-order valence-corrected chi connectivity index (χ4v) is 4.98. The standard InChI is InChI=1S/C33H36N6O5/c1-22(2)29-31-36-30(23-10-6-4-7-11-23)37-39(31)18-19-44-27-20-25(14-15-26(27)43-3)32(41)34-16-17-38(21-28(40)35-29)33(42)24-12-8-5-9-13-24/h4-15,20,22,29H,16-19,21H2,1-3H3,(H,34,41)(H,35,40)/t29-/m1/s1. The molecule has 4 aromatic rings. The molecule has 2 bridgehead atoms. The third-order valence-corrected chi connectivity index (χ3v) is 7.29. The van der Waals surface area contributed by atoms with Gasteiger partial charge in [-0.3, -0.25) is 14.4 Å². The molecule has 1 aromatic heterocycles. The molecule has 2 N–H and O–H groups in total. The van der Waals surface area contributed by atoms with Crippen LogP contribution in [0.1, 0.15) is 46.4 Å². The second kappa shape index (κ2) is 13.9. The molecule has 1 aliphatic heterocycles. The highest BCUT2D eigenvalue weighted by atomic mass is 16.5. The zero-order valence-corrected chi connectivity index (χ0v) is 25.0. The summed E-state index contributed by atoms with van der Waals surface area (Å²) in [5.74, 6) is 0.910. The zero-order valence-electron chi connectivity index (χ0n) is 25.0. The Bertz CT molecular complexity index is 1610. The van der Waals surface area contributed by atoms with Gasteiger partial charge in [0.05, 0.1) is 26.2 Å².